The topological polar surface area (TPSA) is 0 Å². The second kappa shape index (κ2) is 11.6. The largest absolute Gasteiger partial charge is 0.206 e. The summed E-state index contributed by atoms with van der Waals surface area (Å²) in [6.45, 7) is 8.42. The highest BCUT2D eigenvalue weighted by Gasteiger charge is 2.12. The van der Waals surface area contributed by atoms with Crippen LogP contribution in [0.25, 0.3) is 11.1 Å². The minimum Gasteiger partial charge on any atom is -0.206 e. The molecule has 4 aromatic carbocycles. The van der Waals surface area contributed by atoms with Crippen molar-refractivity contribution >= 4 is 0 Å². The van der Waals surface area contributed by atoms with Gasteiger partial charge in [-0.25, -0.2) is 8.78 Å². The van der Waals surface area contributed by atoms with E-state index in [0.717, 1.165) is 49.7 Å². The van der Waals surface area contributed by atoms with E-state index in [1.165, 1.54) is 39.4 Å². The fourth-order valence-electron chi connectivity index (χ4n) is 5.06. The predicted octanol–water partition coefficient (Wildman–Crippen LogP) is 8.94. The summed E-state index contributed by atoms with van der Waals surface area (Å²) in [7, 11) is 0. The molecule has 0 unspecified atom stereocenters. The number of rotatable bonds is 9. The summed E-state index contributed by atoms with van der Waals surface area (Å²) in [6, 6.07) is 23.7. The van der Waals surface area contributed by atoms with Crippen LogP contribution in [0.5, 0.6) is 0 Å². The maximum Gasteiger partial charge on any atom is 0.131 e. The van der Waals surface area contributed by atoms with Crippen molar-refractivity contribution in [1.82, 2.24) is 0 Å². The standard InChI is InChI=1S/C34H36F2/c1-5-27-19-23(3)7-13-29(27)15-16-30-14-11-25(21-28(30)6-2)9-10-26-12-18-32(34(36)22-26)31-17-8-24(4)20-33(31)35/h7-8,11-14,17-22H,5-6,9-10,15-16H2,1-4H3. The summed E-state index contributed by atoms with van der Waals surface area (Å²) in [5.41, 5.74) is 10.7. The van der Waals surface area contributed by atoms with Crippen LogP contribution in [-0.2, 0) is 38.5 Å². The zero-order valence-electron chi connectivity index (χ0n) is 21.9. The molecule has 0 aromatic heterocycles. The molecule has 4 aromatic rings. The van der Waals surface area contributed by atoms with Crippen LogP contribution >= 0.6 is 0 Å². The van der Waals surface area contributed by atoms with E-state index in [1.54, 1.807) is 18.2 Å². The van der Waals surface area contributed by atoms with Gasteiger partial charge < -0.3 is 0 Å². The molecule has 0 saturated carbocycles. The molecule has 0 heterocycles. The third-order valence-electron chi connectivity index (χ3n) is 7.21. The van der Waals surface area contributed by atoms with E-state index in [2.05, 4.69) is 57.2 Å². The zero-order chi connectivity index (χ0) is 25.7. The van der Waals surface area contributed by atoms with Crippen LogP contribution in [0.4, 0.5) is 8.78 Å². The highest BCUT2D eigenvalue weighted by atomic mass is 19.1. The van der Waals surface area contributed by atoms with Gasteiger partial charge in [-0.2, -0.15) is 0 Å². The Bertz CT molecular complexity index is 1350. The van der Waals surface area contributed by atoms with Gasteiger partial charge in [0.2, 0.25) is 0 Å². The highest BCUT2D eigenvalue weighted by molar-refractivity contribution is 5.65. The van der Waals surface area contributed by atoms with Gasteiger partial charge in [0.15, 0.2) is 0 Å². The lowest BCUT2D eigenvalue weighted by atomic mass is 9.92. The molecule has 2 heteroatoms. The van der Waals surface area contributed by atoms with E-state index < -0.39 is 0 Å². The third kappa shape index (κ3) is 6.10. The third-order valence-corrected chi connectivity index (χ3v) is 7.21. The summed E-state index contributed by atoms with van der Waals surface area (Å²) >= 11 is 0. The molecule has 0 N–H and O–H groups in total. The fraction of sp³-hybridized carbons (Fsp3) is 0.294. The van der Waals surface area contributed by atoms with Gasteiger partial charge in [0.1, 0.15) is 11.6 Å². The van der Waals surface area contributed by atoms with Gasteiger partial charge in [0.05, 0.1) is 0 Å². The molecule has 186 valence electrons. The minimum atomic E-state index is -0.387. The second-order valence-corrected chi connectivity index (χ2v) is 9.88. The van der Waals surface area contributed by atoms with Crippen molar-refractivity contribution in [3.8, 4) is 11.1 Å². The van der Waals surface area contributed by atoms with Crippen LogP contribution in [0.3, 0.4) is 0 Å². The van der Waals surface area contributed by atoms with Crippen LogP contribution in [-0.4, -0.2) is 0 Å². The molecule has 36 heavy (non-hydrogen) atoms. The molecular formula is C34H36F2. The SMILES string of the molecule is CCc1cc(C)ccc1CCc1ccc(CCc2ccc(-c3ccc(C)cc3F)c(F)c2)cc1CC. The van der Waals surface area contributed by atoms with E-state index in [9.17, 15) is 8.78 Å². The Morgan fingerprint density at radius 3 is 1.56 bits per heavy atom. The van der Waals surface area contributed by atoms with Crippen molar-refractivity contribution in [2.75, 3.05) is 0 Å². The first-order chi connectivity index (χ1) is 17.4. The van der Waals surface area contributed by atoms with E-state index in [4.69, 9.17) is 0 Å². The normalized spacial score (nSPS) is 11.2. The van der Waals surface area contributed by atoms with Gasteiger partial charge in [-0.1, -0.05) is 80.1 Å². The predicted molar refractivity (Wildman–Crippen MR) is 148 cm³/mol. The molecule has 0 aliphatic rings. The first-order valence-electron chi connectivity index (χ1n) is 13.1. The maximum absolute atomic E-state index is 14.8. The molecule has 0 fully saturated rings. The van der Waals surface area contributed by atoms with E-state index in [1.807, 2.05) is 19.1 Å². The Balaban J connectivity index is 1.43. The Morgan fingerprint density at radius 1 is 0.472 bits per heavy atom. The van der Waals surface area contributed by atoms with E-state index in [-0.39, 0.29) is 11.6 Å². The monoisotopic (exact) mass is 482 g/mol. The summed E-state index contributed by atoms with van der Waals surface area (Å²) in [6.07, 6.45) is 5.77. The Labute approximate surface area is 215 Å². The van der Waals surface area contributed by atoms with Crippen molar-refractivity contribution < 1.29 is 8.78 Å². The number of halogens is 2. The van der Waals surface area contributed by atoms with Crippen LogP contribution in [0.15, 0.2) is 72.8 Å². The number of benzene rings is 4. The summed E-state index contributed by atoms with van der Waals surface area (Å²) < 4.78 is 29.2. The number of hydrogen-bond acceptors (Lipinski definition) is 0. The van der Waals surface area contributed by atoms with Gasteiger partial charge in [-0.15, -0.1) is 0 Å². The van der Waals surface area contributed by atoms with Gasteiger partial charge in [0.25, 0.3) is 0 Å². The Morgan fingerprint density at radius 2 is 0.944 bits per heavy atom. The van der Waals surface area contributed by atoms with Crippen LogP contribution in [0.1, 0.15) is 58.4 Å². The fourth-order valence-corrected chi connectivity index (χ4v) is 5.06. The van der Waals surface area contributed by atoms with Crippen LogP contribution in [0, 0.1) is 25.5 Å². The Hall–Kier alpha value is -3.26. The smallest absolute Gasteiger partial charge is 0.131 e. The molecule has 0 aliphatic heterocycles. The lowest BCUT2D eigenvalue weighted by Crippen LogP contribution is -2.01. The molecule has 0 amide bonds. The summed E-state index contributed by atoms with van der Waals surface area (Å²) in [5, 5.41) is 0. The van der Waals surface area contributed by atoms with Gasteiger partial charge >= 0.3 is 0 Å². The lowest BCUT2D eigenvalue weighted by molar-refractivity contribution is 0.614. The molecule has 0 spiro atoms. The maximum atomic E-state index is 14.8. The lowest BCUT2D eigenvalue weighted by Gasteiger charge is -2.13. The molecule has 0 atom stereocenters. The quantitative estimate of drug-likeness (QED) is 0.223. The van der Waals surface area contributed by atoms with Gasteiger partial charge in [-0.05, 0) is 103 Å². The highest BCUT2D eigenvalue weighted by Crippen LogP contribution is 2.27. The van der Waals surface area contributed by atoms with Crippen molar-refractivity contribution in [2.45, 2.75) is 66.2 Å². The van der Waals surface area contributed by atoms with Crippen molar-refractivity contribution in [3.05, 3.63) is 129 Å². The van der Waals surface area contributed by atoms with E-state index in [0.29, 0.717) is 11.1 Å². The van der Waals surface area contributed by atoms with Crippen molar-refractivity contribution in [1.29, 1.82) is 0 Å². The average molecular weight is 483 g/mol. The van der Waals surface area contributed by atoms with Crippen LogP contribution < -0.4 is 0 Å². The second-order valence-electron chi connectivity index (χ2n) is 9.88. The average Bonchev–Trinajstić information content (AvgIpc) is 2.87. The summed E-state index contributed by atoms with van der Waals surface area (Å²) in [5.74, 6) is -0.760. The molecule has 4 rings (SSSR count). The van der Waals surface area contributed by atoms with Crippen molar-refractivity contribution in [2.24, 2.45) is 0 Å². The minimum absolute atomic E-state index is 0.310. The molecule has 0 aliphatic carbocycles. The van der Waals surface area contributed by atoms with Crippen LogP contribution in [0.2, 0.25) is 0 Å². The number of hydrogen-bond donors (Lipinski definition) is 0. The van der Waals surface area contributed by atoms with Crippen molar-refractivity contribution in [3.63, 3.8) is 0 Å². The molecular weight excluding hydrogens is 446 g/mol. The zero-order valence-corrected chi connectivity index (χ0v) is 21.9. The first-order valence-corrected chi connectivity index (χ1v) is 13.1. The van der Waals surface area contributed by atoms with Gasteiger partial charge in [-0.3, -0.25) is 0 Å². The first kappa shape index (κ1) is 25.8. The molecule has 0 saturated heterocycles. The van der Waals surface area contributed by atoms with E-state index >= 15 is 0 Å². The molecule has 0 nitrogen and oxygen atoms in total. The van der Waals surface area contributed by atoms with Gasteiger partial charge in [0, 0.05) is 11.1 Å². The number of aryl methyl sites for hydroxylation is 8. The molecule has 0 radical (unpaired) electrons. The molecule has 0 bridgehead atoms. The Kier molecular flexibility index (Phi) is 8.36. The summed E-state index contributed by atoms with van der Waals surface area (Å²) in [4.78, 5) is 0.